The van der Waals surface area contributed by atoms with E-state index in [0.717, 1.165) is 37.2 Å². The Bertz CT molecular complexity index is 781. The number of methoxy groups -OCH3 is 1. The normalized spacial score (nSPS) is 14.5. The van der Waals surface area contributed by atoms with Crippen molar-refractivity contribution in [2.75, 3.05) is 30.4 Å². The van der Waals surface area contributed by atoms with E-state index in [1.165, 1.54) is 18.6 Å². The van der Waals surface area contributed by atoms with Gasteiger partial charge in [0.15, 0.2) is 0 Å². The summed E-state index contributed by atoms with van der Waals surface area (Å²) in [4.78, 5) is 14.1. The highest BCUT2D eigenvalue weighted by molar-refractivity contribution is 6.02. The van der Waals surface area contributed by atoms with Gasteiger partial charge in [0.2, 0.25) is 5.91 Å². The Labute approximate surface area is 153 Å². The molecule has 1 heterocycles. The number of rotatable bonds is 5. The van der Waals surface area contributed by atoms with Crippen molar-refractivity contribution < 1.29 is 13.9 Å². The second-order valence-corrected chi connectivity index (χ2v) is 6.31. The minimum atomic E-state index is -0.302. The molecule has 1 amide bonds. The lowest BCUT2D eigenvalue weighted by Gasteiger charge is -2.29. The van der Waals surface area contributed by atoms with Gasteiger partial charge in [-0.15, -0.1) is 0 Å². The Morgan fingerprint density at radius 3 is 2.50 bits per heavy atom. The van der Waals surface area contributed by atoms with Gasteiger partial charge in [0.1, 0.15) is 11.6 Å². The SMILES string of the molecule is COc1ccc(/C=C/C(=O)Nc2ccc(N3CCCCC3)c(F)c2)cc1. The highest BCUT2D eigenvalue weighted by Crippen LogP contribution is 2.25. The van der Waals surface area contributed by atoms with Crippen molar-refractivity contribution in [1.29, 1.82) is 0 Å². The molecule has 0 aromatic heterocycles. The maximum absolute atomic E-state index is 14.4. The number of piperidine rings is 1. The summed E-state index contributed by atoms with van der Waals surface area (Å²) < 4.78 is 19.5. The first-order chi connectivity index (χ1) is 12.7. The van der Waals surface area contributed by atoms with E-state index in [9.17, 15) is 9.18 Å². The van der Waals surface area contributed by atoms with Crippen LogP contribution in [0.25, 0.3) is 6.08 Å². The van der Waals surface area contributed by atoms with Crippen LogP contribution in [0.15, 0.2) is 48.5 Å². The highest BCUT2D eigenvalue weighted by atomic mass is 19.1. The standard InChI is InChI=1S/C21H23FN2O2/c1-26-18-9-5-16(6-10-18)7-12-21(25)23-17-8-11-20(19(22)15-17)24-13-3-2-4-14-24/h5-12,15H,2-4,13-14H2,1H3,(H,23,25)/b12-7+. The van der Waals surface area contributed by atoms with Crippen LogP contribution in [-0.2, 0) is 4.79 Å². The summed E-state index contributed by atoms with van der Waals surface area (Å²) in [6.07, 6.45) is 6.51. The van der Waals surface area contributed by atoms with Crippen molar-refractivity contribution in [3.05, 3.63) is 59.9 Å². The number of nitrogens with one attached hydrogen (secondary N) is 1. The van der Waals surface area contributed by atoms with Crippen LogP contribution in [0.3, 0.4) is 0 Å². The average molecular weight is 354 g/mol. The molecule has 26 heavy (non-hydrogen) atoms. The molecule has 1 saturated heterocycles. The van der Waals surface area contributed by atoms with E-state index in [1.54, 1.807) is 25.3 Å². The summed E-state index contributed by atoms with van der Waals surface area (Å²) in [7, 11) is 1.61. The monoisotopic (exact) mass is 354 g/mol. The van der Waals surface area contributed by atoms with Gasteiger partial charge in [0.25, 0.3) is 0 Å². The first-order valence-electron chi connectivity index (χ1n) is 8.83. The largest absolute Gasteiger partial charge is 0.497 e. The van der Waals surface area contributed by atoms with E-state index in [2.05, 4.69) is 10.2 Å². The van der Waals surface area contributed by atoms with Gasteiger partial charge in [0.05, 0.1) is 12.8 Å². The van der Waals surface area contributed by atoms with Gasteiger partial charge in [-0.1, -0.05) is 12.1 Å². The molecular weight excluding hydrogens is 331 g/mol. The molecule has 1 fully saturated rings. The van der Waals surface area contributed by atoms with Gasteiger partial charge in [-0.2, -0.15) is 0 Å². The third kappa shape index (κ3) is 4.63. The van der Waals surface area contributed by atoms with Crippen LogP contribution in [0, 0.1) is 5.82 Å². The molecule has 1 aliphatic rings. The van der Waals surface area contributed by atoms with Gasteiger partial charge >= 0.3 is 0 Å². The van der Waals surface area contributed by atoms with Gasteiger partial charge < -0.3 is 15.0 Å². The second-order valence-electron chi connectivity index (χ2n) is 6.31. The van der Waals surface area contributed by atoms with Crippen molar-refractivity contribution in [2.24, 2.45) is 0 Å². The topological polar surface area (TPSA) is 41.6 Å². The molecule has 0 atom stereocenters. The van der Waals surface area contributed by atoms with Gasteiger partial charge in [0, 0.05) is 24.9 Å². The van der Waals surface area contributed by atoms with Crippen molar-refractivity contribution in [1.82, 2.24) is 0 Å². The predicted octanol–water partition coefficient (Wildman–Crippen LogP) is 4.48. The van der Waals surface area contributed by atoms with Crippen LogP contribution in [0.5, 0.6) is 5.75 Å². The summed E-state index contributed by atoms with van der Waals surface area (Å²) in [5.41, 5.74) is 1.94. The Morgan fingerprint density at radius 1 is 1.12 bits per heavy atom. The third-order valence-corrected chi connectivity index (χ3v) is 4.45. The Kier molecular flexibility index (Phi) is 5.89. The van der Waals surface area contributed by atoms with Gasteiger partial charge in [-0.05, 0) is 61.2 Å². The van der Waals surface area contributed by atoms with Crippen LogP contribution in [0.2, 0.25) is 0 Å². The number of carbonyl (C=O) groups excluding carboxylic acids is 1. The molecule has 136 valence electrons. The van der Waals surface area contributed by atoms with Crippen LogP contribution in [0.1, 0.15) is 24.8 Å². The Balaban J connectivity index is 1.61. The van der Waals surface area contributed by atoms with Crippen molar-refractivity contribution >= 4 is 23.4 Å². The lowest BCUT2D eigenvalue weighted by molar-refractivity contribution is -0.111. The third-order valence-electron chi connectivity index (χ3n) is 4.45. The number of carbonyl (C=O) groups is 1. The van der Waals surface area contributed by atoms with Crippen molar-refractivity contribution in [3.8, 4) is 5.75 Å². The number of hydrogen-bond acceptors (Lipinski definition) is 3. The lowest BCUT2D eigenvalue weighted by Crippen LogP contribution is -2.30. The van der Waals surface area contributed by atoms with Crippen LogP contribution in [-0.4, -0.2) is 26.1 Å². The highest BCUT2D eigenvalue weighted by Gasteiger charge is 2.15. The molecule has 0 bridgehead atoms. The molecule has 1 aliphatic heterocycles. The molecule has 3 rings (SSSR count). The Morgan fingerprint density at radius 2 is 1.85 bits per heavy atom. The minimum Gasteiger partial charge on any atom is -0.497 e. The zero-order valence-electron chi connectivity index (χ0n) is 14.9. The van der Waals surface area contributed by atoms with E-state index in [-0.39, 0.29) is 11.7 Å². The van der Waals surface area contributed by atoms with E-state index in [1.807, 2.05) is 24.3 Å². The summed E-state index contributed by atoms with van der Waals surface area (Å²) in [6.45, 7) is 1.76. The number of nitrogens with zero attached hydrogens (tertiary/aromatic N) is 1. The number of benzene rings is 2. The summed E-state index contributed by atoms with van der Waals surface area (Å²) in [5.74, 6) is 0.158. The summed E-state index contributed by atoms with van der Waals surface area (Å²) in [6, 6.07) is 12.2. The zero-order chi connectivity index (χ0) is 18.4. The lowest BCUT2D eigenvalue weighted by atomic mass is 10.1. The fraction of sp³-hybridized carbons (Fsp3) is 0.286. The maximum Gasteiger partial charge on any atom is 0.248 e. The number of amides is 1. The van der Waals surface area contributed by atoms with Gasteiger partial charge in [-0.25, -0.2) is 4.39 Å². The van der Waals surface area contributed by atoms with Crippen LogP contribution >= 0.6 is 0 Å². The fourth-order valence-electron chi connectivity index (χ4n) is 3.05. The number of hydrogen-bond donors (Lipinski definition) is 1. The van der Waals surface area contributed by atoms with Gasteiger partial charge in [-0.3, -0.25) is 4.79 Å². The molecule has 5 heteroatoms. The molecule has 4 nitrogen and oxygen atoms in total. The summed E-state index contributed by atoms with van der Waals surface area (Å²) >= 11 is 0. The average Bonchev–Trinajstić information content (AvgIpc) is 2.67. The molecule has 0 unspecified atom stereocenters. The molecule has 2 aromatic rings. The quantitative estimate of drug-likeness (QED) is 0.805. The molecule has 0 radical (unpaired) electrons. The van der Waals surface area contributed by atoms with E-state index >= 15 is 0 Å². The summed E-state index contributed by atoms with van der Waals surface area (Å²) in [5, 5.41) is 2.70. The van der Waals surface area contributed by atoms with E-state index in [4.69, 9.17) is 4.74 Å². The fourth-order valence-corrected chi connectivity index (χ4v) is 3.05. The first kappa shape index (κ1) is 18.0. The number of ether oxygens (including phenoxy) is 1. The molecule has 0 saturated carbocycles. The Hall–Kier alpha value is -2.82. The molecule has 1 N–H and O–H groups in total. The van der Waals surface area contributed by atoms with Crippen molar-refractivity contribution in [3.63, 3.8) is 0 Å². The molecule has 0 spiro atoms. The van der Waals surface area contributed by atoms with E-state index < -0.39 is 0 Å². The smallest absolute Gasteiger partial charge is 0.248 e. The van der Waals surface area contributed by atoms with Crippen LogP contribution in [0.4, 0.5) is 15.8 Å². The van der Waals surface area contributed by atoms with Crippen LogP contribution < -0.4 is 15.0 Å². The first-order valence-corrected chi connectivity index (χ1v) is 8.83. The predicted molar refractivity (Wildman–Crippen MR) is 103 cm³/mol. The molecule has 2 aromatic carbocycles. The van der Waals surface area contributed by atoms with Crippen molar-refractivity contribution in [2.45, 2.75) is 19.3 Å². The number of halogens is 1. The molecule has 0 aliphatic carbocycles. The second kappa shape index (κ2) is 8.52. The number of anilines is 2. The van der Waals surface area contributed by atoms with E-state index in [0.29, 0.717) is 11.4 Å². The zero-order valence-corrected chi connectivity index (χ0v) is 14.9. The molecular formula is C21H23FN2O2. The maximum atomic E-state index is 14.4. The minimum absolute atomic E-state index is 0.300.